The second-order valence-corrected chi connectivity index (χ2v) is 7.03. The maximum absolute atomic E-state index is 10.7. The maximum Gasteiger partial charge on any atom is 0.141 e. The first-order chi connectivity index (χ1) is 12.2. The number of hydrogen-bond donors (Lipinski definition) is 1. The summed E-state index contributed by atoms with van der Waals surface area (Å²) in [6, 6.07) is 6.05. The molecule has 0 saturated carbocycles. The average Bonchev–Trinajstić information content (AvgIpc) is 2.62. The summed E-state index contributed by atoms with van der Waals surface area (Å²) in [5, 5.41) is 10.7. The van der Waals surface area contributed by atoms with E-state index in [0.717, 1.165) is 31.9 Å². The van der Waals surface area contributed by atoms with Gasteiger partial charge in [0, 0.05) is 26.2 Å². The Hall–Kier alpha value is -1.38. The minimum Gasteiger partial charge on any atom is -0.506 e. The summed E-state index contributed by atoms with van der Waals surface area (Å²) in [5.74, 6) is 0.433. The molecular formula is C22H40N2O. The summed E-state index contributed by atoms with van der Waals surface area (Å²) in [4.78, 5) is 4.91. The van der Waals surface area contributed by atoms with Crippen molar-refractivity contribution in [2.45, 2.75) is 79.1 Å². The quantitative estimate of drug-likeness (QED) is 0.433. The van der Waals surface area contributed by atoms with Gasteiger partial charge in [-0.05, 0) is 37.8 Å². The van der Waals surface area contributed by atoms with Gasteiger partial charge in [-0.1, -0.05) is 59.4 Å². The third-order valence-electron chi connectivity index (χ3n) is 4.78. The third kappa shape index (κ3) is 7.17. The smallest absolute Gasteiger partial charge is 0.141 e. The van der Waals surface area contributed by atoms with Crippen molar-refractivity contribution < 1.29 is 5.11 Å². The molecule has 0 bridgehead atoms. The average molecular weight is 349 g/mol. The molecule has 3 heteroatoms. The third-order valence-corrected chi connectivity index (χ3v) is 4.78. The zero-order valence-electron chi connectivity index (χ0n) is 17.1. The number of unbranched alkanes of at least 4 members (excludes halogenated alkanes) is 4. The van der Waals surface area contributed by atoms with Crippen molar-refractivity contribution >= 4 is 11.4 Å². The van der Waals surface area contributed by atoms with Gasteiger partial charge in [0.25, 0.3) is 0 Å². The Kier molecular flexibility index (Phi) is 11.2. The van der Waals surface area contributed by atoms with Gasteiger partial charge in [-0.2, -0.15) is 0 Å². The fraction of sp³-hybridized carbons (Fsp3) is 0.727. The molecule has 1 aromatic carbocycles. The van der Waals surface area contributed by atoms with Crippen LogP contribution in [0.3, 0.4) is 0 Å². The Morgan fingerprint density at radius 3 is 1.56 bits per heavy atom. The fourth-order valence-electron chi connectivity index (χ4n) is 3.18. The highest BCUT2D eigenvalue weighted by molar-refractivity contribution is 5.77. The summed E-state index contributed by atoms with van der Waals surface area (Å²) >= 11 is 0. The Bertz CT molecular complexity index is 445. The first-order valence-electron chi connectivity index (χ1n) is 10.5. The van der Waals surface area contributed by atoms with E-state index in [2.05, 4.69) is 43.6 Å². The molecule has 0 saturated heterocycles. The number of phenols is 1. The first kappa shape index (κ1) is 21.7. The molecule has 25 heavy (non-hydrogen) atoms. The molecule has 144 valence electrons. The predicted molar refractivity (Wildman–Crippen MR) is 112 cm³/mol. The lowest BCUT2D eigenvalue weighted by atomic mass is 10.1. The molecule has 0 unspecified atom stereocenters. The van der Waals surface area contributed by atoms with Crippen LogP contribution in [0.5, 0.6) is 5.75 Å². The molecule has 3 nitrogen and oxygen atoms in total. The maximum atomic E-state index is 10.7. The SMILES string of the molecule is CCCCN(CCCC)c1cccc(O)c1N(CCCC)CCCC. The van der Waals surface area contributed by atoms with Crippen molar-refractivity contribution in [1.29, 1.82) is 0 Å². The molecule has 1 aromatic rings. The lowest BCUT2D eigenvalue weighted by Gasteiger charge is -2.33. The number of phenolic OH excluding ortho intramolecular Hbond substituents is 1. The fourth-order valence-corrected chi connectivity index (χ4v) is 3.18. The highest BCUT2D eigenvalue weighted by Gasteiger charge is 2.19. The highest BCUT2D eigenvalue weighted by Crippen LogP contribution is 2.38. The van der Waals surface area contributed by atoms with Gasteiger partial charge in [0.1, 0.15) is 11.4 Å². The Morgan fingerprint density at radius 2 is 1.12 bits per heavy atom. The van der Waals surface area contributed by atoms with E-state index in [1.165, 1.54) is 57.1 Å². The Labute approximate surface area is 156 Å². The van der Waals surface area contributed by atoms with Crippen molar-refractivity contribution in [3.05, 3.63) is 18.2 Å². The van der Waals surface area contributed by atoms with Crippen LogP contribution in [0, 0.1) is 0 Å². The molecule has 0 aliphatic heterocycles. The van der Waals surface area contributed by atoms with E-state index in [1.54, 1.807) is 0 Å². The highest BCUT2D eigenvalue weighted by atomic mass is 16.3. The van der Waals surface area contributed by atoms with Gasteiger partial charge >= 0.3 is 0 Å². The van der Waals surface area contributed by atoms with E-state index in [9.17, 15) is 5.11 Å². The lowest BCUT2D eigenvalue weighted by molar-refractivity contribution is 0.472. The first-order valence-corrected chi connectivity index (χ1v) is 10.5. The van der Waals surface area contributed by atoms with Gasteiger partial charge in [0.05, 0.1) is 5.69 Å². The zero-order chi connectivity index (χ0) is 18.5. The van der Waals surface area contributed by atoms with Crippen LogP contribution in [-0.4, -0.2) is 31.3 Å². The predicted octanol–water partition coefficient (Wildman–Crippen LogP) is 6.21. The van der Waals surface area contributed by atoms with E-state index in [1.807, 2.05) is 12.1 Å². The number of aromatic hydroxyl groups is 1. The minimum absolute atomic E-state index is 0.433. The van der Waals surface area contributed by atoms with Crippen molar-refractivity contribution in [2.24, 2.45) is 0 Å². The summed E-state index contributed by atoms with van der Waals surface area (Å²) in [5.41, 5.74) is 2.27. The van der Waals surface area contributed by atoms with Crippen LogP contribution in [0.2, 0.25) is 0 Å². The van der Waals surface area contributed by atoms with Gasteiger partial charge in [-0.15, -0.1) is 0 Å². The van der Waals surface area contributed by atoms with Gasteiger partial charge in [0.15, 0.2) is 0 Å². The molecule has 0 spiro atoms. The molecule has 0 amide bonds. The van der Waals surface area contributed by atoms with Gasteiger partial charge in [-0.3, -0.25) is 0 Å². The zero-order valence-corrected chi connectivity index (χ0v) is 17.1. The number of rotatable bonds is 14. The number of nitrogens with zero attached hydrogens (tertiary/aromatic N) is 2. The van der Waals surface area contributed by atoms with Crippen LogP contribution < -0.4 is 9.80 Å². The monoisotopic (exact) mass is 348 g/mol. The number of hydrogen-bond acceptors (Lipinski definition) is 3. The number of para-hydroxylation sites is 1. The Balaban J connectivity index is 3.16. The minimum atomic E-state index is 0.433. The summed E-state index contributed by atoms with van der Waals surface area (Å²) in [7, 11) is 0. The molecule has 0 heterocycles. The molecule has 0 fully saturated rings. The molecule has 0 aliphatic carbocycles. The largest absolute Gasteiger partial charge is 0.506 e. The van der Waals surface area contributed by atoms with E-state index in [0.29, 0.717) is 5.75 Å². The molecule has 1 N–H and O–H groups in total. The van der Waals surface area contributed by atoms with Gasteiger partial charge in [0.2, 0.25) is 0 Å². The van der Waals surface area contributed by atoms with E-state index >= 15 is 0 Å². The van der Waals surface area contributed by atoms with E-state index in [-0.39, 0.29) is 0 Å². The van der Waals surface area contributed by atoms with Crippen LogP contribution in [0.1, 0.15) is 79.1 Å². The summed E-state index contributed by atoms with van der Waals surface area (Å²) in [6.07, 6.45) is 9.49. The van der Waals surface area contributed by atoms with Crippen molar-refractivity contribution in [3.8, 4) is 5.75 Å². The topological polar surface area (TPSA) is 26.7 Å². The Morgan fingerprint density at radius 1 is 0.680 bits per heavy atom. The van der Waals surface area contributed by atoms with Crippen molar-refractivity contribution in [3.63, 3.8) is 0 Å². The van der Waals surface area contributed by atoms with Crippen LogP contribution in [-0.2, 0) is 0 Å². The normalized spacial score (nSPS) is 10.9. The van der Waals surface area contributed by atoms with Crippen LogP contribution in [0.25, 0.3) is 0 Å². The number of benzene rings is 1. The number of anilines is 2. The second kappa shape index (κ2) is 12.9. The van der Waals surface area contributed by atoms with Crippen molar-refractivity contribution in [1.82, 2.24) is 0 Å². The molecule has 0 aromatic heterocycles. The molecule has 0 aliphatic rings. The molecular weight excluding hydrogens is 308 g/mol. The molecule has 0 radical (unpaired) electrons. The van der Waals surface area contributed by atoms with Crippen molar-refractivity contribution in [2.75, 3.05) is 36.0 Å². The molecule has 1 rings (SSSR count). The van der Waals surface area contributed by atoms with Gasteiger partial charge in [-0.25, -0.2) is 0 Å². The second-order valence-electron chi connectivity index (χ2n) is 7.03. The summed E-state index contributed by atoms with van der Waals surface area (Å²) < 4.78 is 0. The van der Waals surface area contributed by atoms with Crippen LogP contribution in [0.15, 0.2) is 18.2 Å². The van der Waals surface area contributed by atoms with E-state index in [4.69, 9.17) is 0 Å². The molecule has 0 atom stereocenters. The van der Waals surface area contributed by atoms with Crippen LogP contribution in [0.4, 0.5) is 11.4 Å². The standard InChI is InChI=1S/C22H40N2O/c1-5-9-16-23(17-10-6-2)20-14-13-15-21(25)22(20)24(18-11-7-3)19-12-8-4/h13-15,25H,5-12,16-19H2,1-4H3. The summed E-state index contributed by atoms with van der Waals surface area (Å²) in [6.45, 7) is 13.2. The lowest BCUT2D eigenvalue weighted by Crippen LogP contribution is -2.31. The van der Waals surface area contributed by atoms with E-state index < -0.39 is 0 Å². The van der Waals surface area contributed by atoms with Gasteiger partial charge < -0.3 is 14.9 Å². The van der Waals surface area contributed by atoms with Crippen LogP contribution >= 0.6 is 0 Å².